The molecule has 0 aromatic heterocycles. The first kappa shape index (κ1) is 16.6. The third-order valence-electron chi connectivity index (χ3n) is 2.02. The van der Waals surface area contributed by atoms with E-state index >= 15 is 0 Å². The molecule has 0 unspecified atom stereocenters. The number of hydrogen-bond acceptors (Lipinski definition) is 5. The lowest BCUT2D eigenvalue weighted by atomic mass is 10.1. The lowest BCUT2D eigenvalue weighted by molar-refractivity contribution is -0.155. The second-order valence-corrected chi connectivity index (χ2v) is 5.13. The maximum Gasteiger partial charge on any atom is 0.320 e. The van der Waals surface area contributed by atoms with Gasteiger partial charge in [0.05, 0.1) is 0 Å². The maximum atomic E-state index is 11.3. The summed E-state index contributed by atoms with van der Waals surface area (Å²) >= 11 is 0. The molecule has 18 heavy (non-hydrogen) atoms. The van der Waals surface area contributed by atoms with E-state index in [4.69, 9.17) is 15.6 Å². The quantitative estimate of drug-likeness (QED) is 0.657. The Balaban J connectivity index is 3.82. The van der Waals surface area contributed by atoms with Gasteiger partial charge in [-0.25, -0.2) is 0 Å². The largest absolute Gasteiger partial charge is 0.480 e. The fourth-order valence-corrected chi connectivity index (χ4v) is 1.26. The Labute approximate surface area is 106 Å². The molecule has 1 atom stereocenters. The summed E-state index contributed by atoms with van der Waals surface area (Å²) in [6.07, 6.45) is 0.426. The number of esters is 1. The molecular formula is C12H21NO5. The van der Waals surface area contributed by atoms with Gasteiger partial charge in [0.25, 0.3) is 0 Å². The number of aliphatic carboxylic acids is 1. The lowest BCUT2D eigenvalue weighted by Gasteiger charge is -2.19. The average molecular weight is 259 g/mol. The first-order chi connectivity index (χ1) is 8.11. The minimum atomic E-state index is -1.20. The summed E-state index contributed by atoms with van der Waals surface area (Å²) in [5.74, 6) is -1.82. The van der Waals surface area contributed by atoms with E-state index in [9.17, 15) is 14.4 Å². The molecule has 3 N–H and O–H groups in total. The van der Waals surface area contributed by atoms with E-state index in [1.54, 1.807) is 20.8 Å². The van der Waals surface area contributed by atoms with Crippen molar-refractivity contribution in [2.24, 2.45) is 5.73 Å². The van der Waals surface area contributed by atoms with Crippen LogP contribution in [-0.4, -0.2) is 34.5 Å². The SMILES string of the molecule is CC(C)(C)OC(=O)CCCC(=O)C[C@H](N)C(=O)O. The number of carboxylic acids is 1. The van der Waals surface area contributed by atoms with Gasteiger partial charge in [-0.2, -0.15) is 0 Å². The molecule has 0 aliphatic rings. The lowest BCUT2D eigenvalue weighted by Crippen LogP contribution is -2.32. The molecule has 0 radical (unpaired) electrons. The van der Waals surface area contributed by atoms with E-state index in [0.29, 0.717) is 6.42 Å². The Kier molecular flexibility index (Phi) is 6.54. The molecule has 0 bridgehead atoms. The van der Waals surface area contributed by atoms with Gasteiger partial charge in [0.2, 0.25) is 0 Å². The van der Waals surface area contributed by atoms with Crippen molar-refractivity contribution in [3.8, 4) is 0 Å². The number of ketones is 1. The number of ether oxygens (including phenoxy) is 1. The summed E-state index contributed by atoms with van der Waals surface area (Å²) in [6, 6.07) is -1.17. The molecule has 0 fully saturated rings. The third-order valence-corrected chi connectivity index (χ3v) is 2.02. The van der Waals surface area contributed by atoms with Crippen LogP contribution in [0.3, 0.4) is 0 Å². The summed E-state index contributed by atoms with van der Waals surface area (Å²) in [4.78, 5) is 33.1. The molecule has 0 aromatic carbocycles. The molecular weight excluding hydrogens is 238 g/mol. The zero-order valence-corrected chi connectivity index (χ0v) is 11.1. The molecule has 0 heterocycles. The monoisotopic (exact) mass is 259 g/mol. The number of Topliss-reactive ketones (excluding diaryl/α,β-unsaturated/α-hetero) is 1. The molecule has 0 amide bonds. The smallest absolute Gasteiger partial charge is 0.320 e. The molecule has 0 saturated carbocycles. The molecule has 6 heteroatoms. The normalized spacial score (nSPS) is 12.9. The minimum Gasteiger partial charge on any atom is -0.480 e. The first-order valence-corrected chi connectivity index (χ1v) is 5.84. The van der Waals surface area contributed by atoms with E-state index in [-0.39, 0.29) is 31.0 Å². The van der Waals surface area contributed by atoms with Crippen molar-refractivity contribution < 1.29 is 24.2 Å². The van der Waals surface area contributed by atoms with Crippen LogP contribution in [0.2, 0.25) is 0 Å². The summed E-state index contributed by atoms with van der Waals surface area (Å²) in [6.45, 7) is 5.30. The molecule has 0 aliphatic heterocycles. The predicted molar refractivity (Wildman–Crippen MR) is 64.9 cm³/mol. The molecule has 0 rings (SSSR count). The van der Waals surface area contributed by atoms with E-state index in [2.05, 4.69) is 0 Å². The molecule has 0 saturated heterocycles. The molecule has 0 aliphatic carbocycles. The van der Waals surface area contributed by atoms with E-state index < -0.39 is 17.6 Å². The Morgan fingerprint density at radius 1 is 1.22 bits per heavy atom. The highest BCUT2D eigenvalue weighted by Crippen LogP contribution is 2.10. The number of hydrogen-bond donors (Lipinski definition) is 2. The number of carbonyl (C=O) groups is 3. The van der Waals surface area contributed by atoms with Crippen molar-refractivity contribution in [1.82, 2.24) is 0 Å². The van der Waals surface area contributed by atoms with Crippen LogP contribution < -0.4 is 5.73 Å². The molecule has 104 valence electrons. The van der Waals surface area contributed by atoms with Crippen LogP contribution in [0, 0.1) is 0 Å². The highest BCUT2D eigenvalue weighted by molar-refractivity contribution is 5.85. The zero-order chi connectivity index (χ0) is 14.3. The highest BCUT2D eigenvalue weighted by Gasteiger charge is 2.18. The van der Waals surface area contributed by atoms with Gasteiger partial charge < -0.3 is 15.6 Å². The van der Waals surface area contributed by atoms with Crippen LogP contribution in [-0.2, 0) is 19.1 Å². The molecule has 0 spiro atoms. The van der Waals surface area contributed by atoms with Crippen LogP contribution in [0.1, 0.15) is 46.5 Å². The summed E-state index contributed by atoms with van der Waals surface area (Å²) in [7, 11) is 0. The Morgan fingerprint density at radius 3 is 2.22 bits per heavy atom. The number of carbonyl (C=O) groups excluding carboxylic acids is 2. The second-order valence-electron chi connectivity index (χ2n) is 5.13. The van der Waals surface area contributed by atoms with Gasteiger partial charge in [-0.3, -0.25) is 14.4 Å². The third kappa shape index (κ3) is 8.69. The fraction of sp³-hybridized carbons (Fsp3) is 0.750. The average Bonchev–Trinajstić information content (AvgIpc) is 2.14. The van der Waals surface area contributed by atoms with E-state index in [1.807, 2.05) is 0 Å². The number of carboxylic acid groups (broad SMARTS) is 1. The van der Waals surface area contributed by atoms with Crippen LogP contribution in [0.25, 0.3) is 0 Å². The highest BCUT2D eigenvalue weighted by atomic mass is 16.6. The molecule has 6 nitrogen and oxygen atoms in total. The Morgan fingerprint density at radius 2 is 1.78 bits per heavy atom. The number of rotatable bonds is 7. The van der Waals surface area contributed by atoms with Crippen molar-refractivity contribution >= 4 is 17.7 Å². The van der Waals surface area contributed by atoms with Crippen LogP contribution in [0.4, 0.5) is 0 Å². The van der Waals surface area contributed by atoms with Gasteiger partial charge in [0.1, 0.15) is 17.4 Å². The Bertz CT molecular complexity index is 319. The van der Waals surface area contributed by atoms with Crippen LogP contribution in [0.5, 0.6) is 0 Å². The molecule has 0 aromatic rings. The summed E-state index contributed by atoms with van der Waals surface area (Å²) < 4.78 is 5.07. The van der Waals surface area contributed by atoms with Crippen molar-refractivity contribution in [2.45, 2.75) is 58.1 Å². The van der Waals surface area contributed by atoms with Crippen LogP contribution >= 0.6 is 0 Å². The maximum absolute atomic E-state index is 11.3. The van der Waals surface area contributed by atoms with Crippen molar-refractivity contribution in [1.29, 1.82) is 0 Å². The first-order valence-electron chi connectivity index (χ1n) is 5.84. The van der Waals surface area contributed by atoms with E-state index in [1.165, 1.54) is 0 Å². The number of nitrogens with two attached hydrogens (primary N) is 1. The van der Waals surface area contributed by atoms with Gasteiger partial charge >= 0.3 is 11.9 Å². The Hall–Kier alpha value is -1.43. The van der Waals surface area contributed by atoms with Gasteiger partial charge in [-0.05, 0) is 27.2 Å². The summed E-state index contributed by atoms with van der Waals surface area (Å²) in [5.41, 5.74) is 4.69. The van der Waals surface area contributed by atoms with Gasteiger partial charge in [-0.15, -0.1) is 0 Å². The van der Waals surface area contributed by atoms with Crippen molar-refractivity contribution in [3.05, 3.63) is 0 Å². The second kappa shape index (κ2) is 7.10. The minimum absolute atomic E-state index is 0.139. The standard InChI is InChI=1S/C12H21NO5/c1-12(2,3)18-10(15)6-4-5-8(14)7-9(13)11(16)17/h9H,4-7,13H2,1-3H3,(H,16,17)/t9-/m0/s1. The van der Waals surface area contributed by atoms with Gasteiger partial charge in [0, 0.05) is 19.3 Å². The van der Waals surface area contributed by atoms with Crippen LogP contribution in [0.15, 0.2) is 0 Å². The van der Waals surface area contributed by atoms with Crippen molar-refractivity contribution in [3.63, 3.8) is 0 Å². The fourth-order valence-electron chi connectivity index (χ4n) is 1.26. The predicted octanol–water partition coefficient (Wildman–Crippen LogP) is 0.869. The van der Waals surface area contributed by atoms with E-state index in [0.717, 1.165) is 0 Å². The van der Waals surface area contributed by atoms with Gasteiger partial charge in [0.15, 0.2) is 0 Å². The topological polar surface area (TPSA) is 107 Å². The zero-order valence-electron chi connectivity index (χ0n) is 11.1. The van der Waals surface area contributed by atoms with Crippen molar-refractivity contribution in [2.75, 3.05) is 0 Å². The van der Waals surface area contributed by atoms with Gasteiger partial charge in [-0.1, -0.05) is 0 Å². The summed E-state index contributed by atoms with van der Waals surface area (Å²) in [5, 5.41) is 8.52.